The fourth-order valence-corrected chi connectivity index (χ4v) is 2.07. The number of carboxylic acid groups (broad SMARTS) is 1. The van der Waals surface area contributed by atoms with Crippen molar-refractivity contribution >= 4 is 17.6 Å². The Morgan fingerprint density at radius 1 is 1.14 bits per heavy atom. The Hall–Kier alpha value is -3.02. The first-order valence-corrected chi connectivity index (χ1v) is 6.43. The van der Waals surface area contributed by atoms with E-state index >= 15 is 0 Å². The van der Waals surface area contributed by atoms with E-state index < -0.39 is 11.9 Å². The van der Waals surface area contributed by atoms with Crippen molar-refractivity contribution < 1.29 is 24.5 Å². The molecule has 2 N–H and O–H groups in total. The van der Waals surface area contributed by atoms with Gasteiger partial charge >= 0.3 is 5.97 Å². The van der Waals surface area contributed by atoms with Crippen LogP contribution in [0.15, 0.2) is 42.5 Å². The summed E-state index contributed by atoms with van der Waals surface area (Å²) < 4.78 is 4.92. The number of carboxylic acids is 1. The van der Waals surface area contributed by atoms with E-state index in [4.69, 9.17) is 4.74 Å². The van der Waals surface area contributed by atoms with Crippen LogP contribution in [0.2, 0.25) is 0 Å². The highest BCUT2D eigenvalue weighted by Gasteiger charge is 2.20. The van der Waals surface area contributed by atoms with Crippen molar-refractivity contribution in [3.63, 3.8) is 0 Å². The van der Waals surface area contributed by atoms with Crippen LogP contribution < -0.4 is 9.64 Å². The molecule has 0 bridgehead atoms. The van der Waals surface area contributed by atoms with Crippen molar-refractivity contribution in [3.05, 3.63) is 53.6 Å². The van der Waals surface area contributed by atoms with Crippen LogP contribution in [0, 0.1) is 0 Å². The molecular weight excluding hydrogens is 286 g/mol. The molecule has 0 spiro atoms. The van der Waals surface area contributed by atoms with Gasteiger partial charge in [-0.05, 0) is 30.3 Å². The third-order valence-corrected chi connectivity index (χ3v) is 3.23. The fraction of sp³-hybridized carbons (Fsp3) is 0.125. The number of aromatic hydroxyl groups is 1. The summed E-state index contributed by atoms with van der Waals surface area (Å²) in [6, 6.07) is 10.5. The maximum Gasteiger partial charge on any atom is 0.337 e. The Morgan fingerprint density at radius 2 is 1.82 bits per heavy atom. The van der Waals surface area contributed by atoms with E-state index in [1.165, 1.54) is 43.3 Å². The summed E-state index contributed by atoms with van der Waals surface area (Å²) in [4.78, 5) is 24.9. The molecule has 2 aromatic carbocycles. The zero-order valence-electron chi connectivity index (χ0n) is 12.1. The number of hydrogen-bond acceptors (Lipinski definition) is 4. The number of benzene rings is 2. The molecule has 0 aromatic heterocycles. The Labute approximate surface area is 127 Å². The predicted molar refractivity (Wildman–Crippen MR) is 80.8 cm³/mol. The van der Waals surface area contributed by atoms with Gasteiger partial charge in [-0.1, -0.05) is 12.1 Å². The lowest BCUT2D eigenvalue weighted by Crippen LogP contribution is -2.27. The first-order valence-electron chi connectivity index (χ1n) is 6.43. The molecule has 0 aliphatic rings. The zero-order chi connectivity index (χ0) is 16.3. The summed E-state index contributed by atoms with van der Waals surface area (Å²) in [5, 5.41) is 18.9. The van der Waals surface area contributed by atoms with E-state index in [0.29, 0.717) is 0 Å². The molecule has 0 aliphatic carbocycles. The highest BCUT2D eigenvalue weighted by atomic mass is 16.5. The van der Waals surface area contributed by atoms with E-state index in [2.05, 4.69) is 0 Å². The monoisotopic (exact) mass is 301 g/mol. The Bertz CT molecular complexity index is 726. The topological polar surface area (TPSA) is 87.1 Å². The van der Waals surface area contributed by atoms with E-state index in [9.17, 15) is 19.8 Å². The quantitative estimate of drug-likeness (QED) is 0.905. The minimum absolute atomic E-state index is 0.0242. The summed E-state index contributed by atoms with van der Waals surface area (Å²) >= 11 is 0. The van der Waals surface area contributed by atoms with Gasteiger partial charge in [0, 0.05) is 12.6 Å². The van der Waals surface area contributed by atoms with E-state index in [1.807, 2.05) is 0 Å². The van der Waals surface area contributed by atoms with Gasteiger partial charge < -0.3 is 19.8 Å². The molecule has 0 fully saturated rings. The molecule has 0 atom stereocenters. The van der Waals surface area contributed by atoms with E-state index in [1.54, 1.807) is 18.2 Å². The number of phenols is 1. The van der Waals surface area contributed by atoms with Gasteiger partial charge in [-0.25, -0.2) is 4.79 Å². The first-order chi connectivity index (χ1) is 10.5. The maximum atomic E-state index is 12.5. The summed E-state index contributed by atoms with van der Waals surface area (Å²) in [5.74, 6) is -1.46. The number of methoxy groups -OCH3 is 1. The van der Waals surface area contributed by atoms with Crippen molar-refractivity contribution in [3.8, 4) is 11.5 Å². The lowest BCUT2D eigenvalue weighted by Gasteiger charge is -2.19. The first kappa shape index (κ1) is 15.4. The lowest BCUT2D eigenvalue weighted by molar-refractivity contribution is 0.0697. The lowest BCUT2D eigenvalue weighted by atomic mass is 10.1. The number of phenolic OH excluding ortho intramolecular Hbond substituents is 1. The van der Waals surface area contributed by atoms with Crippen LogP contribution in [0.3, 0.4) is 0 Å². The van der Waals surface area contributed by atoms with Crippen molar-refractivity contribution in [1.82, 2.24) is 0 Å². The molecule has 0 saturated heterocycles. The minimum atomic E-state index is -1.12. The van der Waals surface area contributed by atoms with Crippen LogP contribution in [0.25, 0.3) is 0 Å². The van der Waals surface area contributed by atoms with E-state index in [0.717, 1.165) is 0 Å². The highest BCUT2D eigenvalue weighted by Crippen LogP contribution is 2.28. The van der Waals surface area contributed by atoms with Gasteiger partial charge in [0.1, 0.15) is 0 Å². The number of nitrogens with zero attached hydrogens (tertiary/aromatic N) is 1. The van der Waals surface area contributed by atoms with Gasteiger partial charge in [-0.2, -0.15) is 0 Å². The molecule has 0 radical (unpaired) electrons. The second-order valence-electron chi connectivity index (χ2n) is 4.57. The largest absolute Gasteiger partial charge is 0.504 e. The molecule has 0 unspecified atom stereocenters. The van der Waals surface area contributed by atoms with Crippen LogP contribution >= 0.6 is 0 Å². The Balaban J connectivity index is 2.37. The van der Waals surface area contributed by atoms with Gasteiger partial charge in [0.15, 0.2) is 11.5 Å². The maximum absolute atomic E-state index is 12.5. The number of para-hydroxylation sites is 1. The fourth-order valence-electron chi connectivity index (χ4n) is 2.07. The molecule has 22 heavy (non-hydrogen) atoms. The Morgan fingerprint density at radius 3 is 2.41 bits per heavy atom. The zero-order valence-corrected chi connectivity index (χ0v) is 12.1. The highest BCUT2D eigenvalue weighted by molar-refractivity contribution is 6.09. The molecule has 0 heterocycles. The SMILES string of the molecule is COc1ccc(C(=O)N(C)c2ccccc2C(=O)O)cc1O. The van der Waals surface area contributed by atoms with Crippen LogP contribution in [0.5, 0.6) is 11.5 Å². The third kappa shape index (κ3) is 2.85. The van der Waals surface area contributed by atoms with Crippen LogP contribution in [0.1, 0.15) is 20.7 Å². The van der Waals surface area contributed by atoms with Gasteiger partial charge in [0.2, 0.25) is 0 Å². The summed E-state index contributed by atoms with van der Waals surface area (Å²) in [6.07, 6.45) is 0. The van der Waals surface area contributed by atoms with Crippen molar-refractivity contribution in [2.24, 2.45) is 0 Å². The van der Waals surface area contributed by atoms with Crippen molar-refractivity contribution in [2.75, 3.05) is 19.1 Å². The number of hydrogen-bond donors (Lipinski definition) is 2. The molecular formula is C16H15NO5. The average molecular weight is 301 g/mol. The molecule has 6 nitrogen and oxygen atoms in total. The molecule has 0 aliphatic heterocycles. The molecule has 114 valence electrons. The number of amides is 1. The number of rotatable bonds is 4. The second-order valence-corrected chi connectivity index (χ2v) is 4.57. The van der Waals surface area contributed by atoms with E-state index in [-0.39, 0.29) is 28.3 Å². The number of anilines is 1. The van der Waals surface area contributed by atoms with Crippen LogP contribution in [0.4, 0.5) is 5.69 Å². The molecule has 2 rings (SSSR count). The van der Waals surface area contributed by atoms with Crippen LogP contribution in [-0.2, 0) is 0 Å². The Kier molecular flexibility index (Phi) is 4.31. The number of carbonyl (C=O) groups is 2. The normalized spacial score (nSPS) is 10.1. The van der Waals surface area contributed by atoms with Crippen molar-refractivity contribution in [2.45, 2.75) is 0 Å². The molecule has 1 amide bonds. The summed E-state index contributed by atoms with van der Waals surface area (Å²) in [7, 11) is 2.89. The number of aromatic carboxylic acids is 1. The van der Waals surface area contributed by atoms with Crippen LogP contribution in [-0.4, -0.2) is 36.2 Å². The van der Waals surface area contributed by atoms with Gasteiger partial charge in [0.05, 0.1) is 18.4 Å². The summed E-state index contributed by atoms with van der Waals surface area (Å²) in [5.41, 5.74) is 0.521. The molecule has 2 aromatic rings. The third-order valence-electron chi connectivity index (χ3n) is 3.23. The summed E-state index contributed by atoms with van der Waals surface area (Å²) in [6.45, 7) is 0. The molecule has 6 heteroatoms. The number of ether oxygens (including phenoxy) is 1. The standard InChI is InChI=1S/C16H15NO5/c1-17(12-6-4-3-5-11(12)16(20)21)15(19)10-7-8-14(22-2)13(18)9-10/h3-9,18H,1-2H3,(H,20,21). The van der Waals surface area contributed by atoms with Gasteiger partial charge in [-0.3, -0.25) is 4.79 Å². The van der Waals surface area contributed by atoms with Gasteiger partial charge in [-0.15, -0.1) is 0 Å². The average Bonchev–Trinajstić information content (AvgIpc) is 2.53. The second kappa shape index (κ2) is 6.17. The van der Waals surface area contributed by atoms with Crippen molar-refractivity contribution in [1.29, 1.82) is 0 Å². The predicted octanol–water partition coefficient (Wildman–Crippen LogP) is 2.38. The number of carbonyl (C=O) groups excluding carboxylic acids is 1. The smallest absolute Gasteiger partial charge is 0.337 e. The minimum Gasteiger partial charge on any atom is -0.504 e. The van der Waals surface area contributed by atoms with Gasteiger partial charge in [0.25, 0.3) is 5.91 Å². The molecule has 0 saturated carbocycles.